The summed E-state index contributed by atoms with van der Waals surface area (Å²) in [7, 11) is 0. The second-order valence-electron chi connectivity index (χ2n) is 5.57. The molecule has 27 heavy (non-hydrogen) atoms. The maximum Gasteiger partial charge on any atom is 0.278 e. The first-order valence-electron chi connectivity index (χ1n) is 7.98. The van der Waals surface area contributed by atoms with Gasteiger partial charge in [0.15, 0.2) is 0 Å². The van der Waals surface area contributed by atoms with E-state index in [-0.39, 0.29) is 30.0 Å². The fraction of sp³-hybridized carbons (Fsp3) is 0.167. The number of hydrogen-bond donors (Lipinski definition) is 2. The normalized spacial score (nSPS) is 10.6. The second kappa shape index (κ2) is 9.44. The van der Waals surface area contributed by atoms with Crippen LogP contribution in [-0.4, -0.2) is 23.0 Å². The Labute approximate surface area is 160 Å². The maximum absolute atomic E-state index is 11.9. The van der Waals surface area contributed by atoms with E-state index in [1.165, 1.54) is 24.4 Å². The van der Waals surface area contributed by atoms with Gasteiger partial charge in [-0.3, -0.25) is 19.7 Å². The van der Waals surface area contributed by atoms with Crippen LogP contribution in [0, 0.1) is 17.0 Å². The number of nitrogens with zero attached hydrogens (tertiary/aromatic N) is 2. The zero-order valence-corrected chi connectivity index (χ0v) is 15.2. The van der Waals surface area contributed by atoms with Crippen LogP contribution >= 0.6 is 11.6 Å². The Morgan fingerprint density at radius 2 is 1.85 bits per heavy atom. The molecular weight excluding hydrogens is 372 g/mol. The lowest BCUT2D eigenvalue weighted by Crippen LogP contribution is -2.21. The Morgan fingerprint density at radius 3 is 2.59 bits per heavy atom. The number of benzene rings is 2. The molecule has 2 aromatic rings. The van der Waals surface area contributed by atoms with Crippen molar-refractivity contribution < 1.29 is 14.5 Å². The van der Waals surface area contributed by atoms with E-state index < -0.39 is 10.8 Å². The third-order valence-electron chi connectivity index (χ3n) is 3.65. The van der Waals surface area contributed by atoms with Gasteiger partial charge in [-0.05, 0) is 30.7 Å². The molecule has 0 aliphatic rings. The Kier molecular flexibility index (Phi) is 7.01. The molecule has 8 nitrogen and oxygen atoms in total. The molecule has 0 saturated heterocycles. The summed E-state index contributed by atoms with van der Waals surface area (Å²) < 4.78 is 0. The van der Waals surface area contributed by atoms with E-state index >= 15 is 0 Å². The number of carbonyl (C=O) groups is 2. The van der Waals surface area contributed by atoms with Crippen LogP contribution in [0.1, 0.15) is 24.0 Å². The van der Waals surface area contributed by atoms with Crippen LogP contribution in [0.2, 0.25) is 5.02 Å². The first kappa shape index (κ1) is 20.1. The molecule has 0 aliphatic carbocycles. The SMILES string of the molecule is Cc1c(Cl)cccc1NC(=O)CCC(=O)NN=Cc1ccccc1[N+](=O)[O-]. The van der Waals surface area contributed by atoms with Gasteiger partial charge in [-0.15, -0.1) is 0 Å². The van der Waals surface area contributed by atoms with E-state index in [1.54, 1.807) is 31.2 Å². The molecule has 2 amide bonds. The molecule has 0 aliphatic heterocycles. The minimum atomic E-state index is -0.536. The van der Waals surface area contributed by atoms with E-state index in [1.807, 2.05) is 0 Å². The zero-order chi connectivity index (χ0) is 19.8. The molecule has 140 valence electrons. The van der Waals surface area contributed by atoms with Gasteiger partial charge in [0.1, 0.15) is 0 Å². The molecule has 0 atom stereocenters. The van der Waals surface area contributed by atoms with E-state index in [2.05, 4.69) is 15.8 Å². The minimum Gasteiger partial charge on any atom is -0.326 e. The quantitative estimate of drug-likeness (QED) is 0.429. The molecule has 2 aromatic carbocycles. The highest BCUT2D eigenvalue weighted by Crippen LogP contribution is 2.23. The van der Waals surface area contributed by atoms with E-state index in [0.717, 1.165) is 5.56 Å². The van der Waals surface area contributed by atoms with Crippen molar-refractivity contribution in [1.82, 2.24) is 5.43 Å². The molecule has 0 heterocycles. The highest BCUT2D eigenvalue weighted by molar-refractivity contribution is 6.31. The average Bonchev–Trinajstić information content (AvgIpc) is 2.64. The summed E-state index contributed by atoms with van der Waals surface area (Å²) in [6, 6.07) is 11.2. The fourth-order valence-corrected chi connectivity index (χ4v) is 2.35. The minimum absolute atomic E-state index is 0.0429. The first-order chi connectivity index (χ1) is 12.9. The third kappa shape index (κ3) is 5.89. The number of nitrogens with one attached hydrogen (secondary N) is 2. The standard InChI is InChI=1S/C18H17ClN4O4/c1-12-14(19)6-4-7-15(12)21-17(24)9-10-18(25)22-20-11-13-5-2-3-8-16(13)23(26)27/h2-8,11H,9-10H2,1H3,(H,21,24)(H,22,25). The smallest absolute Gasteiger partial charge is 0.278 e. The Balaban J connectivity index is 1.83. The third-order valence-corrected chi connectivity index (χ3v) is 4.06. The lowest BCUT2D eigenvalue weighted by Gasteiger charge is -2.09. The van der Waals surface area contributed by atoms with Crippen LogP contribution in [-0.2, 0) is 9.59 Å². The number of anilines is 1. The highest BCUT2D eigenvalue weighted by atomic mass is 35.5. The van der Waals surface area contributed by atoms with Crippen molar-refractivity contribution in [3.05, 3.63) is 68.7 Å². The number of rotatable bonds is 7. The van der Waals surface area contributed by atoms with Crippen molar-refractivity contribution in [3.8, 4) is 0 Å². The summed E-state index contributed by atoms with van der Waals surface area (Å²) in [6.07, 6.45) is 1.06. The number of nitro benzene ring substituents is 1. The largest absolute Gasteiger partial charge is 0.326 e. The molecule has 0 saturated carbocycles. The number of halogens is 1. The van der Waals surface area contributed by atoms with Gasteiger partial charge in [-0.25, -0.2) is 5.43 Å². The van der Waals surface area contributed by atoms with Crippen LogP contribution in [0.4, 0.5) is 11.4 Å². The fourth-order valence-electron chi connectivity index (χ4n) is 2.18. The molecule has 0 spiro atoms. The highest BCUT2D eigenvalue weighted by Gasteiger charge is 2.11. The molecule has 0 aromatic heterocycles. The van der Waals surface area contributed by atoms with E-state index in [4.69, 9.17) is 11.6 Å². The maximum atomic E-state index is 11.9. The van der Waals surface area contributed by atoms with Crippen LogP contribution in [0.25, 0.3) is 0 Å². The molecular formula is C18H17ClN4O4. The molecule has 2 N–H and O–H groups in total. The number of para-hydroxylation sites is 1. The topological polar surface area (TPSA) is 114 Å². The molecule has 0 unspecified atom stereocenters. The van der Waals surface area contributed by atoms with Crippen LogP contribution < -0.4 is 10.7 Å². The van der Waals surface area contributed by atoms with Gasteiger partial charge in [0.2, 0.25) is 11.8 Å². The molecule has 0 fully saturated rings. The number of amides is 2. The summed E-state index contributed by atoms with van der Waals surface area (Å²) in [5, 5.41) is 17.8. The number of hydrazone groups is 1. The van der Waals surface area contributed by atoms with Crippen molar-refractivity contribution >= 4 is 41.0 Å². The zero-order valence-electron chi connectivity index (χ0n) is 14.4. The monoisotopic (exact) mass is 388 g/mol. The first-order valence-corrected chi connectivity index (χ1v) is 8.36. The summed E-state index contributed by atoms with van der Waals surface area (Å²) in [4.78, 5) is 34.1. The average molecular weight is 389 g/mol. The van der Waals surface area contributed by atoms with Gasteiger partial charge in [-0.1, -0.05) is 29.8 Å². The van der Waals surface area contributed by atoms with Gasteiger partial charge in [0, 0.05) is 29.6 Å². The lowest BCUT2D eigenvalue weighted by molar-refractivity contribution is -0.385. The van der Waals surface area contributed by atoms with Crippen molar-refractivity contribution in [1.29, 1.82) is 0 Å². The van der Waals surface area contributed by atoms with Gasteiger partial charge in [-0.2, -0.15) is 5.10 Å². The number of hydrogen-bond acceptors (Lipinski definition) is 5. The number of nitro groups is 1. The van der Waals surface area contributed by atoms with Crippen LogP contribution in [0.3, 0.4) is 0 Å². The van der Waals surface area contributed by atoms with Gasteiger partial charge < -0.3 is 5.32 Å². The molecule has 9 heteroatoms. The van der Waals surface area contributed by atoms with Gasteiger partial charge >= 0.3 is 0 Å². The predicted octanol–water partition coefficient (Wildman–Crippen LogP) is 3.43. The van der Waals surface area contributed by atoms with Crippen molar-refractivity contribution in [3.63, 3.8) is 0 Å². The summed E-state index contributed by atoms with van der Waals surface area (Å²) >= 11 is 5.99. The van der Waals surface area contributed by atoms with Crippen LogP contribution in [0.15, 0.2) is 47.6 Å². The van der Waals surface area contributed by atoms with Crippen molar-refractivity contribution in [2.45, 2.75) is 19.8 Å². The molecule has 0 bridgehead atoms. The Bertz CT molecular complexity index is 899. The number of carbonyl (C=O) groups excluding carboxylic acids is 2. The van der Waals surface area contributed by atoms with Crippen molar-refractivity contribution in [2.24, 2.45) is 5.10 Å². The summed E-state index contributed by atoms with van der Waals surface area (Å²) in [5.74, 6) is -0.819. The van der Waals surface area contributed by atoms with E-state index in [9.17, 15) is 19.7 Å². The Hall–Kier alpha value is -3.26. The second-order valence-corrected chi connectivity index (χ2v) is 5.98. The van der Waals surface area contributed by atoms with Gasteiger partial charge in [0.25, 0.3) is 5.69 Å². The summed E-state index contributed by atoms with van der Waals surface area (Å²) in [6.45, 7) is 1.78. The summed E-state index contributed by atoms with van der Waals surface area (Å²) in [5.41, 5.74) is 3.71. The Morgan fingerprint density at radius 1 is 1.15 bits per heavy atom. The van der Waals surface area contributed by atoms with Crippen molar-refractivity contribution in [2.75, 3.05) is 5.32 Å². The van der Waals surface area contributed by atoms with E-state index in [0.29, 0.717) is 10.7 Å². The molecule has 2 rings (SSSR count). The van der Waals surface area contributed by atoms with Crippen LogP contribution in [0.5, 0.6) is 0 Å². The lowest BCUT2D eigenvalue weighted by atomic mass is 10.2. The van der Waals surface area contributed by atoms with Gasteiger partial charge in [0.05, 0.1) is 16.7 Å². The predicted molar refractivity (Wildman–Crippen MR) is 103 cm³/mol. The molecule has 0 radical (unpaired) electrons.